The summed E-state index contributed by atoms with van der Waals surface area (Å²) in [6.45, 7) is 0. The molecule has 0 radical (unpaired) electrons. The minimum atomic E-state index is -2.02. The van der Waals surface area contributed by atoms with E-state index in [0.717, 1.165) is 0 Å². The van der Waals surface area contributed by atoms with Crippen LogP contribution in [0.4, 0.5) is 17.6 Å². The maximum atomic E-state index is 12.2. The number of hydrogen-bond acceptors (Lipinski definition) is 2. The van der Waals surface area contributed by atoms with Gasteiger partial charge in [0.15, 0.2) is 11.5 Å². The van der Waals surface area contributed by atoms with E-state index < -0.39 is 34.8 Å². The summed E-state index contributed by atoms with van der Waals surface area (Å²) in [5, 5.41) is 16.7. The normalized spacial score (nSPS) is 8.86. The van der Waals surface area contributed by atoms with Crippen LogP contribution in [-0.4, -0.2) is 69.3 Å². The molecule has 1 aromatic rings. The second-order valence-electron chi connectivity index (χ2n) is 1.95. The Balaban J connectivity index is 0. The van der Waals surface area contributed by atoms with Crippen molar-refractivity contribution >= 4 is 59.1 Å². The first-order valence-corrected chi connectivity index (χ1v) is 2.70. The van der Waals surface area contributed by atoms with Crippen molar-refractivity contribution in [2.24, 2.45) is 0 Å². The molecular weight excluding hydrogens is 226 g/mol. The van der Waals surface area contributed by atoms with Crippen molar-refractivity contribution in [1.29, 1.82) is 0 Å². The first kappa shape index (κ1) is 17.0. The molecule has 2 nitrogen and oxygen atoms in total. The molecule has 0 aliphatic carbocycles. The fourth-order valence-corrected chi connectivity index (χ4v) is 0.609. The van der Waals surface area contributed by atoms with E-state index in [9.17, 15) is 17.6 Å². The van der Waals surface area contributed by atoms with Gasteiger partial charge in [-0.15, -0.1) is 0 Å². The Labute approximate surface area is 121 Å². The summed E-state index contributed by atoms with van der Waals surface area (Å²) < 4.78 is 49.0. The molecule has 2 N–H and O–H groups in total. The fraction of sp³-hybridized carbons (Fsp3) is 0. The Kier molecular flexibility index (Phi) is 7.50. The predicted molar refractivity (Wildman–Crippen MR) is 43.9 cm³/mol. The van der Waals surface area contributed by atoms with Gasteiger partial charge in [-0.05, 0) is 0 Å². The van der Waals surface area contributed by atoms with Gasteiger partial charge in [0, 0.05) is 0 Å². The molecule has 1 aromatic carbocycles. The van der Waals surface area contributed by atoms with Crippen molar-refractivity contribution < 1.29 is 27.8 Å². The van der Waals surface area contributed by atoms with E-state index in [1.54, 1.807) is 0 Å². The summed E-state index contributed by atoms with van der Waals surface area (Å²) in [5.41, 5.74) is 0. The first-order valence-electron chi connectivity index (χ1n) is 2.70. The Morgan fingerprint density at radius 1 is 0.571 bits per heavy atom. The second kappa shape index (κ2) is 6.19. The van der Waals surface area contributed by atoms with Gasteiger partial charge in [0.25, 0.3) is 0 Å². The molecule has 0 bridgehead atoms. The van der Waals surface area contributed by atoms with Crippen LogP contribution >= 0.6 is 0 Å². The zero-order valence-corrected chi connectivity index (χ0v) is 5.41. The number of halogens is 4. The molecule has 0 atom stereocenters. The summed E-state index contributed by atoms with van der Waals surface area (Å²) in [5.74, 6) is -11.7. The van der Waals surface area contributed by atoms with Crippen LogP contribution in [0.5, 0.6) is 11.5 Å². The number of rotatable bonds is 0. The molecule has 0 saturated heterocycles. The van der Waals surface area contributed by atoms with Crippen molar-refractivity contribution in [2.75, 3.05) is 0 Å². The van der Waals surface area contributed by atoms with Crippen molar-refractivity contribution in [1.82, 2.24) is 0 Å². The molecule has 0 unspecified atom stereocenters. The Hall–Kier alpha value is 0.540. The van der Waals surface area contributed by atoms with Crippen LogP contribution in [0.25, 0.3) is 0 Å². The Bertz CT molecular complexity index is 240. The summed E-state index contributed by atoms with van der Waals surface area (Å²) in [4.78, 5) is 0. The van der Waals surface area contributed by atoms with Crippen molar-refractivity contribution in [3.05, 3.63) is 23.3 Å². The van der Waals surface area contributed by atoms with Crippen molar-refractivity contribution in [3.8, 4) is 11.5 Å². The van der Waals surface area contributed by atoms with Gasteiger partial charge in [-0.1, -0.05) is 0 Å². The van der Waals surface area contributed by atoms with Crippen molar-refractivity contribution in [3.63, 3.8) is 0 Å². The standard InChI is InChI=1S/C6H2F4O2.2Na.2H/c7-1-2(8)6(12)4(10)3(9)5(1)11;;;;/h11-12H;;;;. The van der Waals surface area contributed by atoms with E-state index in [1.807, 2.05) is 0 Å². The van der Waals surface area contributed by atoms with Crippen LogP contribution < -0.4 is 0 Å². The van der Waals surface area contributed by atoms with E-state index in [4.69, 9.17) is 10.2 Å². The molecule has 0 aromatic heterocycles. The molecule has 0 heterocycles. The molecule has 1 rings (SSSR count). The number of hydrogen-bond donors (Lipinski definition) is 2. The number of phenolic OH excluding ortho intramolecular Hbond substituents is 2. The van der Waals surface area contributed by atoms with Gasteiger partial charge < -0.3 is 10.2 Å². The Morgan fingerprint density at radius 2 is 0.714 bits per heavy atom. The van der Waals surface area contributed by atoms with Gasteiger partial charge in [-0.3, -0.25) is 0 Å². The monoisotopic (exact) mass is 230 g/mol. The number of aromatic hydroxyl groups is 2. The molecule has 70 valence electrons. The Morgan fingerprint density at radius 3 is 0.857 bits per heavy atom. The van der Waals surface area contributed by atoms with E-state index in [0.29, 0.717) is 0 Å². The quantitative estimate of drug-likeness (QED) is 0.292. The zero-order chi connectivity index (χ0) is 9.46. The molecule has 0 aliphatic heterocycles. The summed E-state index contributed by atoms with van der Waals surface area (Å²) >= 11 is 0. The van der Waals surface area contributed by atoms with E-state index in [-0.39, 0.29) is 59.1 Å². The van der Waals surface area contributed by atoms with Crippen LogP contribution in [0.3, 0.4) is 0 Å². The van der Waals surface area contributed by atoms with Crippen molar-refractivity contribution in [2.45, 2.75) is 0 Å². The molecule has 0 saturated carbocycles. The third-order valence-corrected chi connectivity index (χ3v) is 1.22. The van der Waals surface area contributed by atoms with Gasteiger partial charge in [0.1, 0.15) is 0 Å². The molecule has 0 spiro atoms. The molecule has 0 amide bonds. The molecule has 0 fully saturated rings. The van der Waals surface area contributed by atoms with Crippen LogP contribution in [0, 0.1) is 23.3 Å². The first-order chi connectivity index (χ1) is 5.46. The SMILES string of the molecule is Oc1c(F)c(F)c(O)c(F)c1F.[NaH].[NaH]. The minimum absolute atomic E-state index is 0. The van der Waals surface area contributed by atoms with E-state index in [1.165, 1.54) is 0 Å². The third-order valence-electron chi connectivity index (χ3n) is 1.22. The summed E-state index contributed by atoms with van der Waals surface area (Å²) in [6.07, 6.45) is 0. The van der Waals surface area contributed by atoms with E-state index in [2.05, 4.69) is 0 Å². The van der Waals surface area contributed by atoms with Crippen LogP contribution in [0.15, 0.2) is 0 Å². The maximum absolute atomic E-state index is 12.2. The topological polar surface area (TPSA) is 40.5 Å². The van der Waals surface area contributed by atoms with Crippen LogP contribution in [-0.2, 0) is 0 Å². The van der Waals surface area contributed by atoms with Gasteiger partial charge in [-0.25, -0.2) is 0 Å². The van der Waals surface area contributed by atoms with Gasteiger partial charge in [0.2, 0.25) is 23.3 Å². The molecular formula is C6H4F4Na2O2. The second-order valence-corrected chi connectivity index (χ2v) is 1.95. The summed E-state index contributed by atoms with van der Waals surface area (Å²) in [6, 6.07) is 0. The summed E-state index contributed by atoms with van der Waals surface area (Å²) in [7, 11) is 0. The van der Waals surface area contributed by atoms with Gasteiger partial charge >= 0.3 is 59.1 Å². The van der Waals surface area contributed by atoms with Crippen LogP contribution in [0.1, 0.15) is 0 Å². The average molecular weight is 230 g/mol. The number of phenols is 2. The molecule has 8 heteroatoms. The third kappa shape index (κ3) is 2.77. The van der Waals surface area contributed by atoms with Crippen LogP contribution in [0.2, 0.25) is 0 Å². The van der Waals surface area contributed by atoms with E-state index >= 15 is 0 Å². The molecule has 14 heavy (non-hydrogen) atoms. The zero-order valence-electron chi connectivity index (χ0n) is 5.41. The predicted octanol–water partition coefficient (Wildman–Crippen LogP) is 0.357. The average Bonchev–Trinajstić information content (AvgIpc) is 2.08. The van der Waals surface area contributed by atoms with Gasteiger partial charge in [0.05, 0.1) is 0 Å². The van der Waals surface area contributed by atoms with Gasteiger partial charge in [-0.2, -0.15) is 17.6 Å². The molecule has 0 aliphatic rings. The fourth-order valence-electron chi connectivity index (χ4n) is 0.609. The number of benzene rings is 1.